The largest absolute Gasteiger partial charge is 0.233 e. The lowest BCUT2D eigenvalue weighted by Crippen LogP contribution is -2.23. The molecule has 0 fully saturated rings. The minimum atomic E-state index is -3.41. The fraction of sp³-hybridized carbons (Fsp3) is 0.125. The summed E-state index contributed by atoms with van der Waals surface area (Å²) in [6, 6.07) is 16.8. The molecule has 0 amide bonds. The molecule has 0 unspecified atom stereocenters. The third-order valence-corrected chi connectivity index (χ3v) is 5.09. The fourth-order valence-corrected chi connectivity index (χ4v) is 3.51. The van der Waals surface area contributed by atoms with Crippen molar-refractivity contribution in [1.29, 1.82) is 0 Å². The van der Waals surface area contributed by atoms with Gasteiger partial charge in [0.25, 0.3) is 0 Å². The van der Waals surface area contributed by atoms with E-state index in [1.807, 2.05) is 54.6 Å². The van der Waals surface area contributed by atoms with Crippen molar-refractivity contribution in [3.05, 3.63) is 70.6 Å². The van der Waals surface area contributed by atoms with E-state index in [4.69, 9.17) is 11.6 Å². The number of hydrogen-bond acceptors (Lipinski definition) is 3. The number of halogens is 1. The zero-order valence-electron chi connectivity index (χ0n) is 11.8. The van der Waals surface area contributed by atoms with Gasteiger partial charge in [-0.2, -0.15) is 0 Å². The summed E-state index contributed by atoms with van der Waals surface area (Å²) >= 11 is 7.38. The van der Waals surface area contributed by atoms with Crippen LogP contribution in [0.5, 0.6) is 0 Å². The normalized spacial score (nSPS) is 11.9. The third kappa shape index (κ3) is 6.23. The Balaban J connectivity index is 1.78. The molecule has 0 aliphatic rings. The zero-order valence-corrected chi connectivity index (χ0v) is 14.2. The Bertz CT molecular complexity index is 714. The van der Waals surface area contributed by atoms with E-state index in [2.05, 4.69) is 4.72 Å². The molecule has 2 aromatic carbocycles. The van der Waals surface area contributed by atoms with Crippen LogP contribution in [-0.2, 0) is 10.0 Å². The Morgan fingerprint density at radius 2 is 1.73 bits per heavy atom. The number of nitrogens with one attached hydrogen (secondary N) is 1. The summed E-state index contributed by atoms with van der Waals surface area (Å²) in [5.41, 5.74) is 0.850. The second-order valence-electron chi connectivity index (χ2n) is 4.46. The molecular formula is C16H16ClNO2S2. The Kier molecular flexibility index (Phi) is 6.51. The smallest absolute Gasteiger partial charge is 0.211 e. The molecule has 0 saturated carbocycles. The Morgan fingerprint density at radius 1 is 1.05 bits per heavy atom. The van der Waals surface area contributed by atoms with E-state index in [9.17, 15) is 8.42 Å². The van der Waals surface area contributed by atoms with Crippen molar-refractivity contribution >= 4 is 39.5 Å². The minimum Gasteiger partial charge on any atom is -0.211 e. The summed E-state index contributed by atoms with van der Waals surface area (Å²) in [6.07, 6.45) is 1.58. The number of hydrogen-bond donors (Lipinski definition) is 1. The Hall–Kier alpha value is -1.27. The molecule has 0 saturated heterocycles. The van der Waals surface area contributed by atoms with Crippen molar-refractivity contribution in [3.8, 4) is 0 Å². The van der Waals surface area contributed by atoms with Gasteiger partial charge in [0.15, 0.2) is 0 Å². The molecule has 0 radical (unpaired) electrons. The third-order valence-electron chi connectivity index (χ3n) is 2.73. The van der Waals surface area contributed by atoms with Crippen LogP contribution in [0.3, 0.4) is 0 Å². The van der Waals surface area contributed by atoms with Gasteiger partial charge in [0, 0.05) is 27.6 Å². The summed E-state index contributed by atoms with van der Waals surface area (Å²) in [6.45, 7) is 0.370. The summed E-state index contributed by atoms with van der Waals surface area (Å²) < 4.78 is 26.2. The summed E-state index contributed by atoms with van der Waals surface area (Å²) in [4.78, 5) is 1.06. The Labute approximate surface area is 140 Å². The topological polar surface area (TPSA) is 46.2 Å². The van der Waals surface area contributed by atoms with Gasteiger partial charge in [0.2, 0.25) is 10.0 Å². The average molecular weight is 354 g/mol. The van der Waals surface area contributed by atoms with E-state index in [-0.39, 0.29) is 0 Å². The minimum absolute atomic E-state index is 0.370. The number of thioether (sulfide) groups is 1. The van der Waals surface area contributed by atoms with Gasteiger partial charge < -0.3 is 0 Å². The van der Waals surface area contributed by atoms with Gasteiger partial charge in [-0.15, -0.1) is 11.8 Å². The van der Waals surface area contributed by atoms with Crippen LogP contribution in [-0.4, -0.2) is 20.7 Å². The molecule has 116 valence electrons. The highest BCUT2D eigenvalue weighted by atomic mass is 35.5. The maximum Gasteiger partial charge on any atom is 0.233 e. The van der Waals surface area contributed by atoms with E-state index in [0.29, 0.717) is 17.3 Å². The van der Waals surface area contributed by atoms with Gasteiger partial charge in [-0.1, -0.05) is 41.9 Å². The first-order chi connectivity index (χ1) is 10.6. The van der Waals surface area contributed by atoms with Crippen LogP contribution < -0.4 is 4.72 Å². The molecule has 6 heteroatoms. The van der Waals surface area contributed by atoms with Crippen molar-refractivity contribution in [2.45, 2.75) is 4.90 Å². The lowest BCUT2D eigenvalue weighted by atomic mass is 10.2. The summed E-state index contributed by atoms with van der Waals surface area (Å²) in [5.74, 6) is 0.653. The first kappa shape index (κ1) is 17.1. The van der Waals surface area contributed by atoms with Crippen molar-refractivity contribution in [2.24, 2.45) is 0 Å². The molecule has 0 aliphatic heterocycles. The quantitative estimate of drug-likeness (QED) is 0.604. The van der Waals surface area contributed by atoms with Gasteiger partial charge in [0.05, 0.1) is 0 Å². The fourth-order valence-electron chi connectivity index (χ4n) is 1.66. The van der Waals surface area contributed by atoms with Gasteiger partial charge in [-0.3, -0.25) is 0 Å². The molecule has 0 spiro atoms. The molecule has 0 atom stereocenters. The van der Waals surface area contributed by atoms with Crippen LogP contribution in [0.4, 0.5) is 0 Å². The lowest BCUT2D eigenvalue weighted by molar-refractivity contribution is 0.593. The van der Waals surface area contributed by atoms with Crippen molar-refractivity contribution < 1.29 is 8.42 Å². The van der Waals surface area contributed by atoms with Gasteiger partial charge >= 0.3 is 0 Å². The van der Waals surface area contributed by atoms with Crippen molar-refractivity contribution in [1.82, 2.24) is 4.72 Å². The SMILES string of the molecule is O=S(=O)(/C=C/c1ccccc1)NCCSc1ccc(Cl)cc1. The molecule has 1 N–H and O–H groups in total. The molecular weight excluding hydrogens is 338 g/mol. The summed E-state index contributed by atoms with van der Waals surface area (Å²) in [7, 11) is -3.41. The van der Waals surface area contributed by atoms with Gasteiger partial charge in [-0.25, -0.2) is 13.1 Å². The molecule has 0 aromatic heterocycles. The maximum absolute atomic E-state index is 11.8. The van der Waals surface area contributed by atoms with E-state index in [1.165, 1.54) is 5.41 Å². The first-order valence-electron chi connectivity index (χ1n) is 6.66. The first-order valence-corrected chi connectivity index (χ1v) is 9.57. The molecule has 0 heterocycles. The van der Waals surface area contributed by atoms with Crippen molar-refractivity contribution in [2.75, 3.05) is 12.3 Å². The molecule has 2 rings (SSSR count). The van der Waals surface area contributed by atoms with Crippen LogP contribution in [0.2, 0.25) is 5.02 Å². The van der Waals surface area contributed by atoms with Crippen LogP contribution in [0.15, 0.2) is 64.9 Å². The highest BCUT2D eigenvalue weighted by molar-refractivity contribution is 7.99. The van der Waals surface area contributed by atoms with Crippen LogP contribution >= 0.6 is 23.4 Å². The lowest BCUT2D eigenvalue weighted by Gasteiger charge is -2.03. The van der Waals surface area contributed by atoms with E-state index >= 15 is 0 Å². The van der Waals surface area contributed by atoms with E-state index in [0.717, 1.165) is 10.5 Å². The number of benzene rings is 2. The number of rotatable bonds is 7. The second kappa shape index (κ2) is 8.39. The zero-order chi connectivity index (χ0) is 15.8. The molecule has 0 aliphatic carbocycles. The average Bonchev–Trinajstić information content (AvgIpc) is 2.52. The van der Waals surface area contributed by atoms with Gasteiger partial charge in [0.1, 0.15) is 0 Å². The van der Waals surface area contributed by atoms with Gasteiger partial charge in [-0.05, 0) is 35.9 Å². The maximum atomic E-state index is 11.8. The Morgan fingerprint density at radius 3 is 2.41 bits per heavy atom. The van der Waals surface area contributed by atoms with E-state index in [1.54, 1.807) is 17.8 Å². The standard InChI is InChI=1S/C16H16ClNO2S2/c17-15-6-8-16(9-7-15)21-12-11-18-22(19,20)13-10-14-4-2-1-3-5-14/h1-10,13,18H,11-12H2/b13-10+. The van der Waals surface area contributed by atoms with Crippen LogP contribution in [0, 0.1) is 0 Å². The monoisotopic (exact) mass is 353 g/mol. The molecule has 0 bridgehead atoms. The molecule has 3 nitrogen and oxygen atoms in total. The summed E-state index contributed by atoms with van der Waals surface area (Å²) in [5, 5.41) is 1.88. The van der Waals surface area contributed by atoms with Crippen LogP contribution in [0.25, 0.3) is 6.08 Å². The predicted molar refractivity (Wildman–Crippen MR) is 94.6 cm³/mol. The second-order valence-corrected chi connectivity index (χ2v) is 7.71. The van der Waals surface area contributed by atoms with Crippen molar-refractivity contribution in [3.63, 3.8) is 0 Å². The number of sulfonamides is 1. The molecule has 22 heavy (non-hydrogen) atoms. The van der Waals surface area contributed by atoms with E-state index < -0.39 is 10.0 Å². The highest BCUT2D eigenvalue weighted by Crippen LogP contribution is 2.19. The highest BCUT2D eigenvalue weighted by Gasteiger charge is 2.04. The molecule has 2 aromatic rings. The predicted octanol–water partition coefficient (Wildman–Crippen LogP) is 4.02. The van der Waals surface area contributed by atoms with Crippen LogP contribution in [0.1, 0.15) is 5.56 Å².